The molecule has 0 aliphatic rings. The number of pyridine rings is 1. The number of aromatic nitrogens is 6. The van der Waals surface area contributed by atoms with Gasteiger partial charge in [0, 0.05) is 5.39 Å². The second-order valence-electron chi connectivity index (χ2n) is 5.01. The molecule has 4 aromatic rings. The van der Waals surface area contributed by atoms with E-state index in [0.29, 0.717) is 5.52 Å². The van der Waals surface area contributed by atoms with Crippen molar-refractivity contribution in [2.24, 2.45) is 0 Å². The summed E-state index contributed by atoms with van der Waals surface area (Å²) in [6, 6.07) is 7.50. The lowest BCUT2D eigenvalue weighted by molar-refractivity contribution is -0.141. The van der Waals surface area contributed by atoms with Crippen LogP contribution in [0.4, 0.5) is 13.2 Å². The van der Waals surface area contributed by atoms with E-state index in [4.69, 9.17) is 0 Å². The van der Waals surface area contributed by atoms with Gasteiger partial charge in [-0.25, -0.2) is 9.67 Å². The van der Waals surface area contributed by atoms with Crippen molar-refractivity contribution in [3.05, 3.63) is 48.7 Å². The molecule has 0 unspecified atom stereocenters. The van der Waals surface area contributed by atoms with Crippen LogP contribution in [0.15, 0.2) is 43.0 Å². The molecule has 0 fully saturated rings. The second-order valence-corrected chi connectivity index (χ2v) is 5.01. The maximum atomic E-state index is 12.6. The van der Waals surface area contributed by atoms with E-state index in [-0.39, 0.29) is 6.67 Å². The topological polar surface area (TPSA) is 61.4 Å². The standard InChI is InChI=1S/C14H9F3N6/c15-14(16,17)12-6-23(21-20-12)8-22-7-19-11-5-18-10-4-2-1-3-9(10)13(11)22/h1-7H,8H2. The largest absolute Gasteiger partial charge is 0.436 e. The average Bonchev–Trinajstić information content (AvgIpc) is 3.15. The number of hydrogen-bond acceptors (Lipinski definition) is 4. The molecule has 23 heavy (non-hydrogen) atoms. The quantitative estimate of drug-likeness (QED) is 0.570. The third-order valence-electron chi connectivity index (χ3n) is 3.48. The number of imidazole rings is 1. The summed E-state index contributed by atoms with van der Waals surface area (Å²) < 4.78 is 40.6. The summed E-state index contributed by atoms with van der Waals surface area (Å²) in [6.45, 7) is 0.0770. The molecule has 9 heteroatoms. The first-order valence-corrected chi connectivity index (χ1v) is 6.68. The molecule has 0 saturated heterocycles. The van der Waals surface area contributed by atoms with Crippen LogP contribution in [-0.2, 0) is 12.8 Å². The molecule has 4 rings (SSSR count). The molecule has 1 aromatic carbocycles. The third kappa shape index (κ3) is 2.30. The number of alkyl halides is 3. The highest BCUT2D eigenvalue weighted by Gasteiger charge is 2.34. The van der Waals surface area contributed by atoms with Gasteiger partial charge in [-0.15, -0.1) is 5.10 Å². The molecule has 0 saturated carbocycles. The Balaban J connectivity index is 1.80. The Labute approximate surface area is 127 Å². The van der Waals surface area contributed by atoms with Crippen LogP contribution in [0.3, 0.4) is 0 Å². The van der Waals surface area contributed by atoms with Crippen molar-refractivity contribution in [2.45, 2.75) is 12.8 Å². The normalized spacial score (nSPS) is 12.3. The molecule has 0 spiro atoms. The van der Waals surface area contributed by atoms with Crippen LogP contribution < -0.4 is 0 Å². The van der Waals surface area contributed by atoms with Gasteiger partial charge < -0.3 is 4.57 Å². The van der Waals surface area contributed by atoms with Crippen LogP contribution >= 0.6 is 0 Å². The van der Waals surface area contributed by atoms with Gasteiger partial charge in [-0.2, -0.15) is 13.2 Å². The zero-order chi connectivity index (χ0) is 16.0. The highest BCUT2D eigenvalue weighted by Crippen LogP contribution is 2.27. The fraction of sp³-hybridized carbons (Fsp3) is 0.143. The monoisotopic (exact) mass is 318 g/mol. The van der Waals surface area contributed by atoms with Crippen LogP contribution in [0.1, 0.15) is 5.69 Å². The minimum atomic E-state index is -4.51. The molecule has 0 N–H and O–H groups in total. The molecule has 116 valence electrons. The first kappa shape index (κ1) is 13.7. The molecule has 3 aromatic heterocycles. The Morgan fingerprint density at radius 2 is 1.87 bits per heavy atom. The molecule has 0 radical (unpaired) electrons. The predicted molar refractivity (Wildman–Crippen MR) is 75.5 cm³/mol. The van der Waals surface area contributed by atoms with E-state index in [9.17, 15) is 13.2 Å². The predicted octanol–water partition coefficient (Wildman–Crippen LogP) is 2.70. The lowest BCUT2D eigenvalue weighted by Gasteiger charge is -2.06. The van der Waals surface area contributed by atoms with Crippen LogP contribution in [0, 0.1) is 0 Å². The number of hydrogen-bond donors (Lipinski definition) is 0. The zero-order valence-electron chi connectivity index (χ0n) is 11.6. The van der Waals surface area contributed by atoms with Gasteiger partial charge in [0.1, 0.15) is 12.2 Å². The van der Waals surface area contributed by atoms with E-state index in [0.717, 1.165) is 27.3 Å². The van der Waals surface area contributed by atoms with Gasteiger partial charge in [-0.3, -0.25) is 4.98 Å². The molecular formula is C14H9F3N6. The SMILES string of the molecule is FC(F)(F)c1cn(Cn2cnc3cnc4ccccc4c32)nn1. The van der Waals surface area contributed by atoms with Crippen LogP contribution in [-0.4, -0.2) is 29.5 Å². The summed E-state index contributed by atoms with van der Waals surface area (Å²) in [5, 5.41) is 7.55. The maximum Gasteiger partial charge on any atom is 0.436 e. The minimum absolute atomic E-state index is 0.0770. The minimum Gasteiger partial charge on any atom is -0.309 e. The molecule has 3 heterocycles. The summed E-state index contributed by atoms with van der Waals surface area (Å²) in [5.74, 6) is 0. The van der Waals surface area contributed by atoms with Crippen molar-refractivity contribution in [3.63, 3.8) is 0 Å². The lowest BCUT2D eigenvalue weighted by Crippen LogP contribution is -2.08. The molecule has 0 bridgehead atoms. The first-order valence-electron chi connectivity index (χ1n) is 6.68. The fourth-order valence-corrected chi connectivity index (χ4v) is 2.46. The lowest BCUT2D eigenvalue weighted by atomic mass is 10.2. The van der Waals surface area contributed by atoms with E-state index < -0.39 is 11.9 Å². The Morgan fingerprint density at radius 3 is 2.65 bits per heavy atom. The third-order valence-corrected chi connectivity index (χ3v) is 3.48. The molecule has 0 amide bonds. The summed E-state index contributed by atoms with van der Waals surface area (Å²) >= 11 is 0. The summed E-state index contributed by atoms with van der Waals surface area (Å²) in [5.41, 5.74) is 1.23. The van der Waals surface area contributed by atoms with Gasteiger partial charge in [-0.1, -0.05) is 23.4 Å². The number of para-hydroxylation sites is 1. The summed E-state index contributed by atoms with van der Waals surface area (Å²) in [4.78, 5) is 8.54. The van der Waals surface area contributed by atoms with E-state index in [1.165, 1.54) is 0 Å². The van der Waals surface area contributed by atoms with Crippen LogP contribution in [0.5, 0.6) is 0 Å². The van der Waals surface area contributed by atoms with E-state index >= 15 is 0 Å². The highest BCUT2D eigenvalue weighted by molar-refractivity contribution is 6.01. The number of nitrogens with zero attached hydrogens (tertiary/aromatic N) is 6. The number of halogens is 3. The van der Waals surface area contributed by atoms with E-state index in [1.54, 1.807) is 17.1 Å². The Morgan fingerprint density at radius 1 is 1.04 bits per heavy atom. The van der Waals surface area contributed by atoms with Crippen molar-refractivity contribution in [3.8, 4) is 0 Å². The van der Waals surface area contributed by atoms with Gasteiger partial charge >= 0.3 is 6.18 Å². The van der Waals surface area contributed by atoms with Gasteiger partial charge in [0.15, 0.2) is 5.69 Å². The van der Waals surface area contributed by atoms with Crippen molar-refractivity contribution in [2.75, 3.05) is 0 Å². The molecule has 6 nitrogen and oxygen atoms in total. The van der Waals surface area contributed by atoms with Crippen molar-refractivity contribution in [1.82, 2.24) is 29.5 Å². The van der Waals surface area contributed by atoms with E-state index in [1.807, 2.05) is 24.3 Å². The molecule has 0 atom stereocenters. The molecule has 0 aliphatic carbocycles. The van der Waals surface area contributed by atoms with Gasteiger partial charge in [-0.05, 0) is 6.07 Å². The van der Waals surface area contributed by atoms with Crippen molar-refractivity contribution < 1.29 is 13.2 Å². The van der Waals surface area contributed by atoms with Crippen LogP contribution in [0.25, 0.3) is 21.9 Å². The molecular weight excluding hydrogens is 309 g/mol. The first-order chi connectivity index (χ1) is 11.0. The summed E-state index contributed by atoms with van der Waals surface area (Å²) in [6.07, 6.45) is -0.453. The van der Waals surface area contributed by atoms with Gasteiger partial charge in [0.25, 0.3) is 0 Å². The van der Waals surface area contributed by atoms with Gasteiger partial charge in [0.2, 0.25) is 0 Å². The number of rotatable bonds is 2. The average molecular weight is 318 g/mol. The van der Waals surface area contributed by atoms with Crippen molar-refractivity contribution >= 4 is 21.9 Å². The Hall–Kier alpha value is -2.97. The van der Waals surface area contributed by atoms with Crippen molar-refractivity contribution in [1.29, 1.82) is 0 Å². The Kier molecular flexibility index (Phi) is 2.83. The number of fused-ring (bicyclic) bond motifs is 3. The maximum absolute atomic E-state index is 12.6. The summed E-state index contributed by atoms with van der Waals surface area (Å²) in [7, 11) is 0. The highest BCUT2D eigenvalue weighted by atomic mass is 19.4. The molecule has 0 aliphatic heterocycles. The smallest absolute Gasteiger partial charge is 0.309 e. The fourth-order valence-electron chi connectivity index (χ4n) is 2.46. The van der Waals surface area contributed by atoms with Gasteiger partial charge in [0.05, 0.1) is 29.8 Å². The Bertz CT molecular complexity index is 1000. The number of benzene rings is 1. The van der Waals surface area contributed by atoms with E-state index in [2.05, 4.69) is 20.3 Å². The second kappa shape index (κ2) is 4.77. The van der Waals surface area contributed by atoms with Crippen LogP contribution in [0.2, 0.25) is 0 Å². The zero-order valence-corrected chi connectivity index (χ0v) is 11.6.